The molecule has 3 aromatic carbocycles. The number of nitro benzene ring substituents is 1. The summed E-state index contributed by atoms with van der Waals surface area (Å²) >= 11 is 0. The van der Waals surface area contributed by atoms with E-state index in [9.17, 15) is 19.3 Å². The van der Waals surface area contributed by atoms with Crippen LogP contribution < -0.4 is 9.47 Å². The van der Waals surface area contributed by atoms with Crippen LogP contribution >= 0.6 is 0 Å². The minimum atomic E-state index is -0.461. The number of ketones is 1. The number of hydrogen-bond acceptors (Lipinski definition) is 5. The third-order valence-corrected chi connectivity index (χ3v) is 4.64. The van der Waals surface area contributed by atoms with Gasteiger partial charge in [-0.2, -0.15) is 0 Å². The number of carbonyl (C=O) groups excluding carboxylic acids is 1. The van der Waals surface area contributed by atoms with Crippen LogP contribution in [0.4, 0.5) is 10.1 Å². The van der Waals surface area contributed by atoms with Crippen LogP contribution in [-0.2, 0) is 6.61 Å². The molecule has 7 heteroatoms. The highest BCUT2D eigenvalue weighted by molar-refractivity contribution is 6.15. The Morgan fingerprint density at radius 2 is 1.90 bits per heavy atom. The van der Waals surface area contributed by atoms with Crippen LogP contribution in [0.25, 0.3) is 6.08 Å². The van der Waals surface area contributed by atoms with Crippen molar-refractivity contribution < 1.29 is 23.6 Å². The van der Waals surface area contributed by atoms with E-state index < -0.39 is 10.7 Å². The molecule has 0 N–H and O–H groups in total. The van der Waals surface area contributed by atoms with E-state index in [0.717, 1.165) is 5.56 Å². The Kier molecular flexibility index (Phi) is 5.02. The fourth-order valence-electron chi connectivity index (χ4n) is 3.19. The highest BCUT2D eigenvalue weighted by Crippen LogP contribution is 2.37. The van der Waals surface area contributed by atoms with E-state index in [0.29, 0.717) is 28.2 Å². The summed E-state index contributed by atoms with van der Waals surface area (Å²) in [5.74, 6) is 0.330. The number of non-ortho nitro benzene ring substituents is 1. The molecule has 6 nitrogen and oxygen atoms in total. The van der Waals surface area contributed by atoms with E-state index in [1.54, 1.807) is 43.3 Å². The van der Waals surface area contributed by atoms with Gasteiger partial charge in [-0.05, 0) is 60.0 Å². The molecular weight excluding hydrogens is 389 g/mol. The molecule has 0 aromatic heterocycles. The lowest BCUT2D eigenvalue weighted by Gasteiger charge is -2.09. The van der Waals surface area contributed by atoms with E-state index in [1.807, 2.05) is 0 Å². The molecule has 1 aliphatic rings. The normalized spacial score (nSPS) is 13.8. The predicted octanol–water partition coefficient (Wildman–Crippen LogP) is 5.24. The topological polar surface area (TPSA) is 78.7 Å². The number of carbonyl (C=O) groups is 1. The first-order chi connectivity index (χ1) is 14.4. The smallest absolute Gasteiger partial charge is 0.269 e. The molecule has 3 aromatic rings. The Morgan fingerprint density at radius 3 is 2.60 bits per heavy atom. The number of allylic oxidation sites excluding steroid dienone is 1. The molecule has 0 spiro atoms. The van der Waals surface area contributed by atoms with Crippen LogP contribution in [0.15, 0.2) is 66.4 Å². The number of fused-ring (bicyclic) bond motifs is 1. The van der Waals surface area contributed by atoms with E-state index in [1.165, 1.54) is 30.3 Å². The summed E-state index contributed by atoms with van der Waals surface area (Å²) in [4.78, 5) is 23.0. The van der Waals surface area contributed by atoms with Gasteiger partial charge in [0.25, 0.3) is 5.69 Å². The maximum atomic E-state index is 13.4. The van der Waals surface area contributed by atoms with Gasteiger partial charge in [-0.15, -0.1) is 0 Å². The maximum absolute atomic E-state index is 13.4. The minimum Gasteiger partial charge on any atom is -0.489 e. The average Bonchev–Trinajstić information content (AvgIpc) is 3.02. The Hall–Kier alpha value is -4.00. The number of ether oxygens (including phenoxy) is 2. The largest absolute Gasteiger partial charge is 0.489 e. The maximum Gasteiger partial charge on any atom is 0.269 e. The average molecular weight is 405 g/mol. The second-order valence-corrected chi connectivity index (χ2v) is 6.82. The molecule has 150 valence electrons. The zero-order valence-corrected chi connectivity index (χ0v) is 15.9. The van der Waals surface area contributed by atoms with Crippen molar-refractivity contribution >= 4 is 17.5 Å². The fraction of sp³-hybridized carbons (Fsp3) is 0.0870. The number of hydrogen-bond donors (Lipinski definition) is 0. The zero-order valence-electron chi connectivity index (χ0n) is 15.9. The molecule has 0 amide bonds. The van der Waals surface area contributed by atoms with Crippen molar-refractivity contribution in [2.24, 2.45) is 0 Å². The van der Waals surface area contributed by atoms with E-state index >= 15 is 0 Å². The van der Waals surface area contributed by atoms with Gasteiger partial charge < -0.3 is 9.47 Å². The van der Waals surface area contributed by atoms with Gasteiger partial charge in [-0.25, -0.2) is 4.39 Å². The monoisotopic (exact) mass is 405 g/mol. The van der Waals surface area contributed by atoms with Gasteiger partial charge in [0.1, 0.15) is 23.9 Å². The Morgan fingerprint density at radius 1 is 1.13 bits per heavy atom. The Bertz CT molecular complexity index is 1180. The second-order valence-electron chi connectivity index (χ2n) is 6.82. The van der Waals surface area contributed by atoms with Crippen LogP contribution in [0.3, 0.4) is 0 Å². The van der Waals surface area contributed by atoms with Crippen LogP contribution in [0.5, 0.6) is 11.5 Å². The predicted molar refractivity (Wildman–Crippen MR) is 108 cm³/mol. The van der Waals surface area contributed by atoms with Crippen molar-refractivity contribution in [2.75, 3.05) is 0 Å². The Labute approximate surface area is 171 Å². The number of benzene rings is 3. The number of Topliss-reactive ketones (excluding diaryl/α,β-unsaturated/α-hetero) is 1. The molecule has 0 radical (unpaired) electrons. The van der Waals surface area contributed by atoms with Gasteiger partial charge in [-0.1, -0.05) is 12.1 Å². The zero-order chi connectivity index (χ0) is 21.3. The summed E-state index contributed by atoms with van der Waals surface area (Å²) in [5, 5.41) is 10.7. The van der Waals surface area contributed by atoms with Crippen molar-refractivity contribution in [3.63, 3.8) is 0 Å². The first-order valence-electron chi connectivity index (χ1n) is 9.11. The molecule has 0 saturated carbocycles. The van der Waals surface area contributed by atoms with Gasteiger partial charge >= 0.3 is 0 Å². The molecule has 0 saturated heterocycles. The highest BCUT2D eigenvalue weighted by atomic mass is 19.1. The van der Waals surface area contributed by atoms with E-state index in [4.69, 9.17) is 9.47 Å². The lowest BCUT2D eigenvalue weighted by atomic mass is 10.0. The molecule has 0 bridgehead atoms. The summed E-state index contributed by atoms with van der Waals surface area (Å²) < 4.78 is 24.9. The van der Waals surface area contributed by atoms with Crippen LogP contribution in [0.1, 0.15) is 27.0 Å². The van der Waals surface area contributed by atoms with Crippen molar-refractivity contribution in [1.82, 2.24) is 0 Å². The SMILES string of the molecule is Cc1cc(OCc2ccc([N+](=O)[O-])cc2)cc2c1C(=O)/C(=C/c1cccc(F)c1)O2. The number of nitrogens with zero attached hydrogens (tertiary/aromatic N) is 1. The first-order valence-corrected chi connectivity index (χ1v) is 9.11. The second kappa shape index (κ2) is 7.79. The molecular formula is C23H16FNO5. The lowest BCUT2D eigenvalue weighted by Crippen LogP contribution is -2.00. The summed E-state index contributed by atoms with van der Waals surface area (Å²) in [6.45, 7) is 1.99. The van der Waals surface area contributed by atoms with Gasteiger partial charge in [0.15, 0.2) is 5.76 Å². The first kappa shape index (κ1) is 19.3. The third-order valence-electron chi connectivity index (χ3n) is 4.64. The van der Waals surface area contributed by atoms with Gasteiger partial charge in [0, 0.05) is 18.2 Å². The van der Waals surface area contributed by atoms with Gasteiger partial charge in [-0.3, -0.25) is 14.9 Å². The highest BCUT2D eigenvalue weighted by Gasteiger charge is 2.30. The summed E-state index contributed by atoms with van der Waals surface area (Å²) in [6.07, 6.45) is 1.50. The molecule has 1 aliphatic heterocycles. The molecule has 0 unspecified atom stereocenters. The number of rotatable bonds is 5. The molecule has 0 atom stereocenters. The summed E-state index contributed by atoms with van der Waals surface area (Å²) in [6, 6.07) is 15.3. The molecule has 1 heterocycles. The minimum absolute atomic E-state index is 0.0108. The quantitative estimate of drug-likeness (QED) is 0.330. The number of aryl methyl sites for hydroxylation is 1. The standard InChI is InChI=1S/C23H16FNO5/c1-14-9-19(29-13-15-5-7-18(8-6-15)25(27)28)12-20-22(14)23(26)21(30-20)11-16-3-2-4-17(24)10-16/h2-12H,13H2,1H3/b21-11-. The van der Waals surface area contributed by atoms with E-state index in [-0.39, 0.29) is 23.8 Å². The number of halogens is 1. The molecule has 4 rings (SSSR count). The molecule has 0 aliphatic carbocycles. The van der Waals surface area contributed by atoms with Crippen molar-refractivity contribution in [3.05, 3.63) is 105 Å². The molecule has 0 fully saturated rings. The summed E-state index contributed by atoms with van der Waals surface area (Å²) in [5.41, 5.74) is 2.44. The molecule has 30 heavy (non-hydrogen) atoms. The van der Waals surface area contributed by atoms with Crippen LogP contribution in [-0.4, -0.2) is 10.7 Å². The lowest BCUT2D eigenvalue weighted by molar-refractivity contribution is -0.384. The van der Waals surface area contributed by atoms with Crippen LogP contribution in [0.2, 0.25) is 0 Å². The Balaban J connectivity index is 1.53. The number of nitro groups is 1. The summed E-state index contributed by atoms with van der Waals surface area (Å²) in [7, 11) is 0. The van der Waals surface area contributed by atoms with Crippen molar-refractivity contribution in [1.29, 1.82) is 0 Å². The van der Waals surface area contributed by atoms with Gasteiger partial charge in [0.2, 0.25) is 5.78 Å². The van der Waals surface area contributed by atoms with Crippen molar-refractivity contribution in [3.8, 4) is 11.5 Å². The third kappa shape index (κ3) is 3.91. The van der Waals surface area contributed by atoms with E-state index in [2.05, 4.69) is 0 Å². The van der Waals surface area contributed by atoms with Crippen molar-refractivity contribution in [2.45, 2.75) is 13.5 Å². The van der Waals surface area contributed by atoms with Gasteiger partial charge in [0.05, 0.1) is 10.5 Å². The van der Waals surface area contributed by atoms with Crippen LogP contribution in [0, 0.1) is 22.9 Å². The fourth-order valence-corrected chi connectivity index (χ4v) is 3.19.